The third-order valence-electron chi connectivity index (χ3n) is 3.56. The minimum atomic E-state index is -4.03. The van der Waals surface area contributed by atoms with Crippen LogP contribution in [0.3, 0.4) is 0 Å². The summed E-state index contributed by atoms with van der Waals surface area (Å²) in [6.07, 6.45) is 4.30. The van der Waals surface area contributed by atoms with Gasteiger partial charge in [0.1, 0.15) is 11.9 Å². The van der Waals surface area contributed by atoms with Crippen LogP contribution < -0.4 is 0 Å². The molecule has 0 atom stereocenters. The fourth-order valence-electron chi connectivity index (χ4n) is 2.42. The Bertz CT molecular complexity index is 651. The number of hydrogen-bond donors (Lipinski definition) is 0. The Morgan fingerprint density at radius 1 is 1.29 bits per heavy atom. The van der Waals surface area contributed by atoms with E-state index in [0.29, 0.717) is 0 Å². The fourth-order valence-corrected chi connectivity index (χ4v) is 3.27. The molecule has 21 heavy (non-hydrogen) atoms. The van der Waals surface area contributed by atoms with E-state index in [4.69, 9.17) is 15.4 Å². The zero-order valence-electron chi connectivity index (χ0n) is 11.6. The van der Waals surface area contributed by atoms with Gasteiger partial charge in [0.2, 0.25) is 0 Å². The van der Waals surface area contributed by atoms with Gasteiger partial charge in [0.25, 0.3) is 9.05 Å². The van der Waals surface area contributed by atoms with Gasteiger partial charge in [-0.25, -0.2) is 17.6 Å². The summed E-state index contributed by atoms with van der Waals surface area (Å²) in [5, 5.41) is 0. The van der Waals surface area contributed by atoms with Crippen LogP contribution in [-0.2, 0) is 13.8 Å². The van der Waals surface area contributed by atoms with Gasteiger partial charge < -0.3 is 4.74 Å². The average molecular weight is 335 g/mol. The number of hydrogen-bond acceptors (Lipinski definition) is 4. The standard InChI is InChI=1S/C14H16ClFO4S/c1-9-7-11(21(15,18)19)8-12(13(9)16)14(17)20-10-5-3-2-4-6-10/h7-8,10H,2-6H2,1H3. The lowest BCUT2D eigenvalue weighted by Gasteiger charge is -2.22. The third kappa shape index (κ3) is 3.95. The van der Waals surface area contributed by atoms with Gasteiger partial charge in [0.15, 0.2) is 0 Å². The van der Waals surface area contributed by atoms with Crippen molar-refractivity contribution in [1.82, 2.24) is 0 Å². The maximum absolute atomic E-state index is 14.0. The Hall–Kier alpha value is -1.14. The molecule has 1 aliphatic carbocycles. The second-order valence-electron chi connectivity index (χ2n) is 5.20. The van der Waals surface area contributed by atoms with Crippen molar-refractivity contribution < 1.29 is 22.3 Å². The molecule has 0 radical (unpaired) electrons. The van der Waals surface area contributed by atoms with E-state index in [0.717, 1.165) is 44.2 Å². The summed E-state index contributed by atoms with van der Waals surface area (Å²) >= 11 is 0. The van der Waals surface area contributed by atoms with Crippen molar-refractivity contribution >= 4 is 25.7 Å². The molecule has 1 aromatic rings. The number of carbonyl (C=O) groups is 1. The van der Waals surface area contributed by atoms with E-state index in [-0.39, 0.29) is 22.1 Å². The Morgan fingerprint density at radius 2 is 1.90 bits per heavy atom. The van der Waals surface area contributed by atoms with Crippen molar-refractivity contribution in [1.29, 1.82) is 0 Å². The minimum absolute atomic E-state index is 0.0346. The summed E-state index contributed by atoms with van der Waals surface area (Å²) in [5.41, 5.74) is -0.355. The van der Waals surface area contributed by atoms with Crippen molar-refractivity contribution in [3.8, 4) is 0 Å². The second kappa shape index (κ2) is 6.32. The molecule has 1 aromatic carbocycles. The van der Waals surface area contributed by atoms with Gasteiger partial charge in [0, 0.05) is 10.7 Å². The van der Waals surface area contributed by atoms with E-state index in [9.17, 15) is 17.6 Å². The lowest BCUT2D eigenvalue weighted by molar-refractivity contribution is 0.0205. The number of ether oxygens (including phenoxy) is 1. The van der Waals surface area contributed by atoms with Gasteiger partial charge in [-0.05, 0) is 50.3 Å². The molecule has 1 aliphatic rings. The van der Waals surface area contributed by atoms with Gasteiger partial charge in [-0.3, -0.25) is 0 Å². The zero-order chi connectivity index (χ0) is 15.6. The van der Waals surface area contributed by atoms with Crippen molar-refractivity contribution in [3.05, 3.63) is 29.1 Å². The van der Waals surface area contributed by atoms with E-state index < -0.39 is 20.8 Å². The Morgan fingerprint density at radius 3 is 2.48 bits per heavy atom. The molecule has 0 saturated heterocycles. The molecule has 2 rings (SSSR count). The molecule has 0 heterocycles. The molecule has 1 fully saturated rings. The van der Waals surface area contributed by atoms with Crippen molar-refractivity contribution in [2.75, 3.05) is 0 Å². The maximum atomic E-state index is 14.0. The number of rotatable bonds is 3. The second-order valence-corrected chi connectivity index (χ2v) is 7.77. The number of carbonyl (C=O) groups excluding carboxylic acids is 1. The van der Waals surface area contributed by atoms with Crippen LogP contribution in [0.25, 0.3) is 0 Å². The largest absolute Gasteiger partial charge is 0.459 e. The first kappa shape index (κ1) is 16.2. The molecular weight excluding hydrogens is 319 g/mol. The van der Waals surface area contributed by atoms with Crippen molar-refractivity contribution in [3.63, 3.8) is 0 Å². The van der Waals surface area contributed by atoms with Crippen molar-refractivity contribution in [2.24, 2.45) is 0 Å². The highest BCUT2D eigenvalue weighted by Gasteiger charge is 2.24. The number of esters is 1. The Balaban J connectivity index is 2.29. The quantitative estimate of drug-likeness (QED) is 0.626. The van der Waals surface area contributed by atoms with Crippen LogP contribution in [-0.4, -0.2) is 20.5 Å². The third-order valence-corrected chi connectivity index (χ3v) is 4.89. The number of aryl methyl sites for hydroxylation is 1. The monoisotopic (exact) mass is 334 g/mol. The van der Waals surface area contributed by atoms with Crippen LogP contribution in [0.1, 0.15) is 48.0 Å². The van der Waals surface area contributed by atoms with Gasteiger partial charge in [-0.15, -0.1) is 0 Å². The van der Waals surface area contributed by atoms with Crippen LogP contribution in [0.2, 0.25) is 0 Å². The highest BCUT2D eigenvalue weighted by atomic mass is 35.7. The summed E-state index contributed by atoms with van der Waals surface area (Å²) < 4.78 is 42.0. The molecule has 0 unspecified atom stereocenters. The summed E-state index contributed by atoms with van der Waals surface area (Å²) in [6, 6.07) is 2.02. The molecule has 0 N–H and O–H groups in total. The minimum Gasteiger partial charge on any atom is -0.459 e. The molecule has 0 spiro atoms. The molecule has 7 heteroatoms. The lowest BCUT2D eigenvalue weighted by Crippen LogP contribution is -2.22. The molecular formula is C14H16ClFO4S. The smallest absolute Gasteiger partial charge is 0.341 e. The van der Waals surface area contributed by atoms with Gasteiger partial charge in [-0.2, -0.15) is 0 Å². The highest BCUT2D eigenvalue weighted by Crippen LogP contribution is 2.25. The molecule has 0 aromatic heterocycles. The molecule has 0 bridgehead atoms. The normalized spacial score (nSPS) is 16.7. The maximum Gasteiger partial charge on any atom is 0.341 e. The van der Waals surface area contributed by atoms with Gasteiger partial charge in [0.05, 0.1) is 10.5 Å². The molecule has 4 nitrogen and oxygen atoms in total. The lowest BCUT2D eigenvalue weighted by atomic mass is 9.98. The van der Waals surface area contributed by atoms with Crippen molar-refractivity contribution in [2.45, 2.75) is 50.0 Å². The molecule has 0 amide bonds. The molecule has 0 aliphatic heterocycles. The van der Waals surface area contributed by atoms with Gasteiger partial charge >= 0.3 is 5.97 Å². The first-order valence-corrected chi connectivity index (χ1v) is 9.06. The first-order chi connectivity index (χ1) is 9.79. The number of benzene rings is 1. The summed E-state index contributed by atoms with van der Waals surface area (Å²) in [7, 11) is 1.22. The van der Waals surface area contributed by atoms with E-state index in [2.05, 4.69) is 0 Å². The highest BCUT2D eigenvalue weighted by molar-refractivity contribution is 8.13. The first-order valence-electron chi connectivity index (χ1n) is 6.75. The van der Waals surface area contributed by atoms with Gasteiger partial charge in [-0.1, -0.05) is 6.42 Å². The van der Waals surface area contributed by atoms with E-state index in [1.54, 1.807) is 0 Å². The van der Waals surface area contributed by atoms with Crippen LogP contribution in [0.15, 0.2) is 17.0 Å². The van der Waals surface area contributed by atoms with Crippen LogP contribution in [0.4, 0.5) is 4.39 Å². The predicted molar refractivity (Wildman–Crippen MR) is 76.5 cm³/mol. The van der Waals surface area contributed by atoms with Crippen LogP contribution in [0.5, 0.6) is 0 Å². The number of halogens is 2. The SMILES string of the molecule is Cc1cc(S(=O)(=O)Cl)cc(C(=O)OC2CCCCC2)c1F. The van der Waals surface area contributed by atoms with Crippen LogP contribution >= 0.6 is 10.7 Å². The predicted octanol–water partition coefficient (Wildman–Crippen LogP) is 3.55. The Labute approximate surface area is 127 Å². The van der Waals surface area contributed by atoms with E-state index in [1.165, 1.54) is 6.92 Å². The Kier molecular flexibility index (Phi) is 4.88. The van der Waals surface area contributed by atoms with E-state index >= 15 is 0 Å². The summed E-state index contributed by atoms with van der Waals surface area (Å²) in [5.74, 6) is -1.62. The molecule has 1 saturated carbocycles. The summed E-state index contributed by atoms with van der Waals surface area (Å²) in [6.45, 7) is 1.37. The average Bonchev–Trinajstić information content (AvgIpc) is 2.41. The van der Waals surface area contributed by atoms with E-state index in [1.807, 2.05) is 0 Å². The zero-order valence-corrected chi connectivity index (χ0v) is 13.1. The fraction of sp³-hybridized carbons (Fsp3) is 0.500. The summed E-state index contributed by atoms with van der Waals surface area (Å²) in [4.78, 5) is 11.8. The van der Waals surface area contributed by atoms with Crippen LogP contribution in [0, 0.1) is 12.7 Å². The topological polar surface area (TPSA) is 60.4 Å². The molecule has 116 valence electrons.